The number of anilines is 1. The van der Waals surface area contributed by atoms with E-state index in [0.29, 0.717) is 18.0 Å². The van der Waals surface area contributed by atoms with Gasteiger partial charge in [0.05, 0.1) is 0 Å². The van der Waals surface area contributed by atoms with Crippen LogP contribution in [0.2, 0.25) is 0 Å². The highest BCUT2D eigenvalue weighted by Crippen LogP contribution is 2.16. The van der Waals surface area contributed by atoms with Crippen LogP contribution in [0.4, 0.5) is 5.69 Å². The summed E-state index contributed by atoms with van der Waals surface area (Å²) in [5.41, 5.74) is 3.32. The zero-order valence-corrected chi connectivity index (χ0v) is 13.2. The average Bonchev–Trinajstić information content (AvgIpc) is 2.50. The second kappa shape index (κ2) is 7.64. The van der Waals surface area contributed by atoms with Gasteiger partial charge >= 0.3 is 0 Å². The molecule has 0 aliphatic carbocycles. The number of aryl methyl sites for hydroxylation is 1. The largest absolute Gasteiger partial charge is 0.508 e. The fourth-order valence-corrected chi connectivity index (χ4v) is 2.29. The van der Waals surface area contributed by atoms with Crippen LogP contribution in [0.15, 0.2) is 48.5 Å². The maximum absolute atomic E-state index is 11.9. The third-order valence-corrected chi connectivity index (χ3v) is 3.67. The SMILES string of the molecule is CC(C)c1ccc(CCCC(=O)Nc2ccc(O)cc2)cc1. The minimum absolute atomic E-state index is 0.00416. The lowest BCUT2D eigenvalue weighted by molar-refractivity contribution is -0.116. The van der Waals surface area contributed by atoms with E-state index < -0.39 is 0 Å². The lowest BCUT2D eigenvalue weighted by Gasteiger charge is -2.07. The molecule has 0 spiro atoms. The van der Waals surface area contributed by atoms with Gasteiger partial charge in [-0.1, -0.05) is 38.1 Å². The lowest BCUT2D eigenvalue weighted by atomic mass is 10.00. The van der Waals surface area contributed by atoms with Gasteiger partial charge in [0.2, 0.25) is 5.91 Å². The number of benzene rings is 2. The predicted molar refractivity (Wildman–Crippen MR) is 90.2 cm³/mol. The van der Waals surface area contributed by atoms with Crippen molar-refractivity contribution in [2.24, 2.45) is 0 Å². The second-order valence-electron chi connectivity index (χ2n) is 5.84. The standard InChI is InChI=1S/C19H23NO2/c1-14(2)16-8-6-15(7-9-16)4-3-5-19(22)20-17-10-12-18(21)13-11-17/h6-14,21H,3-5H2,1-2H3,(H,20,22). The molecule has 0 saturated carbocycles. The summed E-state index contributed by atoms with van der Waals surface area (Å²) in [6.07, 6.45) is 2.22. The van der Waals surface area contributed by atoms with Crippen molar-refractivity contribution in [1.29, 1.82) is 0 Å². The van der Waals surface area contributed by atoms with E-state index in [9.17, 15) is 9.90 Å². The fourth-order valence-electron chi connectivity index (χ4n) is 2.29. The average molecular weight is 297 g/mol. The minimum atomic E-state index is 0.00416. The molecule has 0 heterocycles. The van der Waals surface area contributed by atoms with Gasteiger partial charge in [0.15, 0.2) is 0 Å². The molecule has 116 valence electrons. The Morgan fingerprint density at radius 2 is 1.68 bits per heavy atom. The van der Waals surface area contributed by atoms with Crippen LogP contribution in [-0.4, -0.2) is 11.0 Å². The molecule has 22 heavy (non-hydrogen) atoms. The van der Waals surface area contributed by atoms with Crippen LogP contribution in [0.25, 0.3) is 0 Å². The number of rotatable bonds is 6. The number of amides is 1. The maximum atomic E-state index is 11.9. The summed E-state index contributed by atoms with van der Waals surface area (Å²) >= 11 is 0. The van der Waals surface area contributed by atoms with Crippen LogP contribution in [-0.2, 0) is 11.2 Å². The molecule has 2 rings (SSSR count). The quantitative estimate of drug-likeness (QED) is 0.772. The van der Waals surface area contributed by atoms with Crippen LogP contribution >= 0.6 is 0 Å². The first-order chi connectivity index (χ1) is 10.5. The van der Waals surface area contributed by atoms with Crippen molar-refractivity contribution >= 4 is 11.6 Å². The molecular formula is C19H23NO2. The smallest absolute Gasteiger partial charge is 0.224 e. The minimum Gasteiger partial charge on any atom is -0.508 e. The molecule has 0 fully saturated rings. The number of hydrogen-bond donors (Lipinski definition) is 2. The topological polar surface area (TPSA) is 49.3 Å². The highest BCUT2D eigenvalue weighted by Gasteiger charge is 2.04. The van der Waals surface area contributed by atoms with Crippen LogP contribution in [0, 0.1) is 0 Å². The van der Waals surface area contributed by atoms with Crippen molar-refractivity contribution in [1.82, 2.24) is 0 Å². The molecule has 2 N–H and O–H groups in total. The number of carbonyl (C=O) groups is 1. The monoisotopic (exact) mass is 297 g/mol. The Bertz CT molecular complexity index is 600. The summed E-state index contributed by atoms with van der Waals surface area (Å²) in [5, 5.41) is 12.0. The first-order valence-electron chi connectivity index (χ1n) is 7.72. The number of phenolic OH excluding ortho intramolecular Hbond substituents is 1. The van der Waals surface area contributed by atoms with Crippen molar-refractivity contribution in [2.75, 3.05) is 5.32 Å². The van der Waals surface area contributed by atoms with Gasteiger partial charge in [0, 0.05) is 12.1 Å². The van der Waals surface area contributed by atoms with Crippen molar-refractivity contribution in [3.63, 3.8) is 0 Å². The van der Waals surface area contributed by atoms with Crippen molar-refractivity contribution in [2.45, 2.75) is 39.0 Å². The molecule has 0 aliphatic rings. The normalized spacial score (nSPS) is 10.7. The summed E-state index contributed by atoms with van der Waals surface area (Å²) in [5.74, 6) is 0.748. The van der Waals surface area contributed by atoms with Gasteiger partial charge in [0.1, 0.15) is 5.75 Å². The Morgan fingerprint density at radius 1 is 1.05 bits per heavy atom. The number of aromatic hydroxyl groups is 1. The van der Waals surface area contributed by atoms with E-state index in [2.05, 4.69) is 43.4 Å². The van der Waals surface area contributed by atoms with Crippen LogP contribution in [0.5, 0.6) is 5.75 Å². The van der Waals surface area contributed by atoms with Gasteiger partial charge < -0.3 is 10.4 Å². The summed E-state index contributed by atoms with van der Waals surface area (Å²) in [6.45, 7) is 4.37. The Kier molecular flexibility index (Phi) is 5.59. The zero-order valence-electron chi connectivity index (χ0n) is 13.2. The molecule has 0 saturated heterocycles. The summed E-state index contributed by atoms with van der Waals surface area (Å²) < 4.78 is 0. The Labute approximate surface area is 132 Å². The molecule has 1 amide bonds. The Morgan fingerprint density at radius 3 is 2.27 bits per heavy atom. The van der Waals surface area contributed by atoms with Crippen molar-refractivity contribution < 1.29 is 9.90 Å². The number of hydrogen-bond acceptors (Lipinski definition) is 2. The van der Waals surface area contributed by atoms with E-state index in [0.717, 1.165) is 12.8 Å². The fraction of sp³-hybridized carbons (Fsp3) is 0.316. The number of carbonyl (C=O) groups excluding carboxylic acids is 1. The highest BCUT2D eigenvalue weighted by molar-refractivity contribution is 5.90. The van der Waals surface area contributed by atoms with E-state index in [4.69, 9.17) is 0 Å². The molecule has 0 bridgehead atoms. The second-order valence-corrected chi connectivity index (χ2v) is 5.84. The first kappa shape index (κ1) is 16.1. The first-order valence-corrected chi connectivity index (χ1v) is 7.72. The van der Waals surface area contributed by atoms with E-state index >= 15 is 0 Å². The molecule has 2 aromatic rings. The van der Waals surface area contributed by atoms with E-state index in [1.54, 1.807) is 24.3 Å². The third-order valence-electron chi connectivity index (χ3n) is 3.67. The van der Waals surface area contributed by atoms with Gasteiger partial charge in [0.25, 0.3) is 0 Å². The third kappa shape index (κ3) is 4.92. The van der Waals surface area contributed by atoms with Gasteiger partial charge in [-0.3, -0.25) is 4.79 Å². The van der Waals surface area contributed by atoms with Gasteiger partial charge in [-0.15, -0.1) is 0 Å². The van der Waals surface area contributed by atoms with Crippen LogP contribution in [0.3, 0.4) is 0 Å². The lowest BCUT2D eigenvalue weighted by Crippen LogP contribution is -2.11. The summed E-state index contributed by atoms with van der Waals surface area (Å²) in [6, 6.07) is 15.1. The molecule has 0 aliphatic heterocycles. The van der Waals surface area contributed by atoms with Crippen molar-refractivity contribution in [3.05, 3.63) is 59.7 Å². The Balaban J connectivity index is 1.75. The van der Waals surface area contributed by atoms with E-state index in [1.165, 1.54) is 11.1 Å². The van der Waals surface area contributed by atoms with Crippen LogP contribution < -0.4 is 5.32 Å². The van der Waals surface area contributed by atoms with Gasteiger partial charge in [-0.25, -0.2) is 0 Å². The number of phenols is 1. The van der Waals surface area contributed by atoms with Gasteiger partial charge in [-0.05, 0) is 54.2 Å². The molecule has 3 heteroatoms. The molecule has 2 aromatic carbocycles. The number of nitrogens with one attached hydrogen (secondary N) is 1. The van der Waals surface area contributed by atoms with Crippen LogP contribution in [0.1, 0.15) is 43.7 Å². The summed E-state index contributed by atoms with van der Waals surface area (Å²) in [7, 11) is 0. The molecule has 0 aromatic heterocycles. The van der Waals surface area contributed by atoms with E-state index in [1.807, 2.05) is 0 Å². The highest BCUT2D eigenvalue weighted by atomic mass is 16.3. The maximum Gasteiger partial charge on any atom is 0.224 e. The molecule has 0 unspecified atom stereocenters. The Hall–Kier alpha value is -2.29. The summed E-state index contributed by atoms with van der Waals surface area (Å²) in [4.78, 5) is 11.9. The predicted octanol–water partition coefficient (Wildman–Crippen LogP) is 4.48. The molecule has 0 radical (unpaired) electrons. The zero-order chi connectivity index (χ0) is 15.9. The van der Waals surface area contributed by atoms with E-state index in [-0.39, 0.29) is 11.7 Å². The molecule has 3 nitrogen and oxygen atoms in total. The van der Waals surface area contributed by atoms with Gasteiger partial charge in [-0.2, -0.15) is 0 Å². The molecule has 0 atom stereocenters. The molecular weight excluding hydrogens is 274 g/mol. The van der Waals surface area contributed by atoms with Crippen molar-refractivity contribution in [3.8, 4) is 5.75 Å².